The van der Waals surface area contributed by atoms with E-state index in [0.29, 0.717) is 28.6 Å². The zero-order valence-corrected chi connectivity index (χ0v) is 10.9. The van der Waals surface area contributed by atoms with Gasteiger partial charge in [0.15, 0.2) is 11.5 Å². The van der Waals surface area contributed by atoms with Gasteiger partial charge in [-0.3, -0.25) is 0 Å². The lowest BCUT2D eigenvalue weighted by molar-refractivity contribution is 0.174. The summed E-state index contributed by atoms with van der Waals surface area (Å²) < 4.78 is 30.0. The minimum atomic E-state index is -0.458. The van der Waals surface area contributed by atoms with Crippen molar-refractivity contribution in [1.29, 1.82) is 0 Å². The fourth-order valence-corrected chi connectivity index (χ4v) is 2.12. The van der Waals surface area contributed by atoms with E-state index in [1.54, 1.807) is 37.3 Å². The van der Waals surface area contributed by atoms with Crippen molar-refractivity contribution in [3.8, 4) is 23.0 Å². The van der Waals surface area contributed by atoms with Crippen molar-refractivity contribution in [3.63, 3.8) is 0 Å². The molecule has 0 aromatic heterocycles. The van der Waals surface area contributed by atoms with E-state index in [2.05, 4.69) is 0 Å². The molecule has 0 saturated heterocycles. The highest BCUT2D eigenvalue weighted by Gasteiger charge is 2.17. The van der Waals surface area contributed by atoms with Crippen molar-refractivity contribution in [2.45, 2.75) is 13.0 Å². The maximum absolute atomic E-state index is 13.8. The average Bonchev–Trinajstić information content (AvgIpc) is 2.85. The van der Waals surface area contributed by atoms with Gasteiger partial charge >= 0.3 is 0 Å². The molecular formula is C15H14FNO3. The zero-order chi connectivity index (χ0) is 14.1. The van der Waals surface area contributed by atoms with Crippen molar-refractivity contribution in [2.75, 3.05) is 6.79 Å². The first-order valence-electron chi connectivity index (χ1n) is 6.26. The van der Waals surface area contributed by atoms with Crippen LogP contribution in [0.2, 0.25) is 0 Å². The van der Waals surface area contributed by atoms with Crippen LogP contribution in [0.15, 0.2) is 36.4 Å². The fourth-order valence-electron chi connectivity index (χ4n) is 2.12. The fraction of sp³-hybridized carbons (Fsp3) is 0.200. The minimum Gasteiger partial charge on any atom is -0.457 e. The monoisotopic (exact) mass is 275 g/mol. The van der Waals surface area contributed by atoms with Crippen LogP contribution in [0, 0.1) is 5.82 Å². The summed E-state index contributed by atoms with van der Waals surface area (Å²) in [6, 6.07) is 9.38. The van der Waals surface area contributed by atoms with Gasteiger partial charge in [0.2, 0.25) is 6.79 Å². The maximum Gasteiger partial charge on any atom is 0.231 e. The number of nitrogens with two attached hydrogens (primary N) is 1. The molecule has 0 spiro atoms. The summed E-state index contributed by atoms with van der Waals surface area (Å²) in [5.74, 6) is 1.85. The molecule has 0 bridgehead atoms. The Kier molecular flexibility index (Phi) is 3.20. The van der Waals surface area contributed by atoms with Crippen LogP contribution in [-0.2, 0) is 0 Å². The molecular weight excluding hydrogens is 261 g/mol. The van der Waals surface area contributed by atoms with Crippen molar-refractivity contribution < 1.29 is 18.6 Å². The van der Waals surface area contributed by atoms with Gasteiger partial charge in [0.25, 0.3) is 0 Å². The molecule has 0 fully saturated rings. The SMILES string of the molecule is C[C@H](N)c1c(F)cccc1Oc1ccc2c(c1)OCO2. The first kappa shape index (κ1) is 12.7. The summed E-state index contributed by atoms with van der Waals surface area (Å²) in [7, 11) is 0. The third-order valence-corrected chi connectivity index (χ3v) is 3.04. The molecule has 1 aliphatic rings. The second kappa shape index (κ2) is 5.02. The standard InChI is InChI=1S/C15H14FNO3/c1-9(17)15-11(16)3-2-4-13(15)20-10-5-6-12-14(7-10)19-8-18-12/h2-7,9H,8,17H2,1H3/t9-/m0/s1. The van der Waals surface area contributed by atoms with Crippen LogP contribution in [0.5, 0.6) is 23.0 Å². The van der Waals surface area contributed by atoms with Crippen molar-refractivity contribution >= 4 is 0 Å². The van der Waals surface area contributed by atoms with E-state index in [1.807, 2.05) is 0 Å². The number of benzene rings is 2. The predicted molar refractivity (Wildman–Crippen MR) is 71.6 cm³/mol. The molecule has 0 saturated carbocycles. The number of hydrogen-bond donors (Lipinski definition) is 1. The minimum absolute atomic E-state index is 0.198. The third kappa shape index (κ3) is 2.28. The van der Waals surface area contributed by atoms with Gasteiger partial charge in [-0.25, -0.2) is 4.39 Å². The normalized spacial score (nSPS) is 14.2. The molecule has 1 atom stereocenters. The lowest BCUT2D eigenvalue weighted by Crippen LogP contribution is -2.09. The zero-order valence-electron chi connectivity index (χ0n) is 10.9. The van der Waals surface area contributed by atoms with E-state index in [0.717, 1.165) is 0 Å². The molecule has 2 aromatic carbocycles. The van der Waals surface area contributed by atoms with E-state index >= 15 is 0 Å². The van der Waals surface area contributed by atoms with Crippen LogP contribution in [0.3, 0.4) is 0 Å². The number of ether oxygens (including phenoxy) is 3. The van der Waals surface area contributed by atoms with Crippen LogP contribution >= 0.6 is 0 Å². The Morgan fingerprint density at radius 1 is 1.20 bits per heavy atom. The summed E-state index contributed by atoms with van der Waals surface area (Å²) in [6.45, 7) is 1.91. The van der Waals surface area contributed by atoms with Gasteiger partial charge < -0.3 is 19.9 Å². The molecule has 0 amide bonds. The summed E-state index contributed by atoms with van der Waals surface area (Å²) in [6.07, 6.45) is 0. The smallest absolute Gasteiger partial charge is 0.231 e. The molecule has 1 aliphatic heterocycles. The van der Waals surface area contributed by atoms with Gasteiger partial charge in [0.05, 0.1) is 0 Å². The molecule has 0 unspecified atom stereocenters. The maximum atomic E-state index is 13.8. The highest BCUT2D eigenvalue weighted by atomic mass is 19.1. The highest BCUT2D eigenvalue weighted by molar-refractivity contribution is 5.49. The quantitative estimate of drug-likeness (QED) is 0.933. The van der Waals surface area contributed by atoms with Crippen LogP contribution < -0.4 is 19.9 Å². The Labute approximate surface area is 115 Å². The lowest BCUT2D eigenvalue weighted by Gasteiger charge is -2.14. The van der Waals surface area contributed by atoms with Gasteiger partial charge in [0, 0.05) is 17.7 Å². The molecule has 104 valence electrons. The Balaban J connectivity index is 1.93. The van der Waals surface area contributed by atoms with Crippen LogP contribution in [0.1, 0.15) is 18.5 Å². The van der Waals surface area contributed by atoms with Crippen LogP contribution in [-0.4, -0.2) is 6.79 Å². The predicted octanol–water partition coefficient (Wildman–Crippen LogP) is 3.37. The lowest BCUT2D eigenvalue weighted by atomic mass is 10.1. The highest BCUT2D eigenvalue weighted by Crippen LogP contribution is 2.38. The molecule has 4 nitrogen and oxygen atoms in total. The van der Waals surface area contributed by atoms with E-state index in [-0.39, 0.29) is 12.6 Å². The van der Waals surface area contributed by atoms with Gasteiger partial charge in [-0.05, 0) is 31.2 Å². The second-order valence-corrected chi connectivity index (χ2v) is 4.56. The van der Waals surface area contributed by atoms with Crippen molar-refractivity contribution in [3.05, 3.63) is 47.8 Å². The first-order valence-corrected chi connectivity index (χ1v) is 6.26. The molecule has 2 aromatic rings. The molecule has 1 heterocycles. The Bertz CT molecular complexity index is 643. The van der Waals surface area contributed by atoms with E-state index in [1.165, 1.54) is 6.07 Å². The largest absolute Gasteiger partial charge is 0.457 e. The van der Waals surface area contributed by atoms with Gasteiger partial charge in [0.1, 0.15) is 17.3 Å². The summed E-state index contributed by atoms with van der Waals surface area (Å²) in [5.41, 5.74) is 6.15. The van der Waals surface area contributed by atoms with E-state index < -0.39 is 6.04 Å². The molecule has 0 aliphatic carbocycles. The third-order valence-electron chi connectivity index (χ3n) is 3.04. The van der Waals surface area contributed by atoms with E-state index in [9.17, 15) is 4.39 Å². The number of fused-ring (bicyclic) bond motifs is 1. The number of hydrogen-bond acceptors (Lipinski definition) is 4. The molecule has 5 heteroatoms. The van der Waals surface area contributed by atoms with Crippen molar-refractivity contribution in [1.82, 2.24) is 0 Å². The molecule has 2 N–H and O–H groups in total. The van der Waals surface area contributed by atoms with Crippen molar-refractivity contribution in [2.24, 2.45) is 5.73 Å². The topological polar surface area (TPSA) is 53.7 Å². The van der Waals surface area contributed by atoms with E-state index in [4.69, 9.17) is 19.9 Å². The van der Waals surface area contributed by atoms with Gasteiger partial charge in [-0.2, -0.15) is 0 Å². The number of rotatable bonds is 3. The number of halogens is 1. The summed E-state index contributed by atoms with van der Waals surface area (Å²) >= 11 is 0. The Morgan fingerprint density at radius 3 is 2.80 bits per heavy atom. The Hall–Kier alpha value is -2.27. The first-order chi connectivity index (χ1) is 9.65. The summed E-state index contributed by atoms with van der Waals surface area (Å²) in [4.78, 5) is 0. The van der Waals surface area contributed by atoms with Gasteiger partial charge in [-0.1, -0.05) is 6.07 Å². The Morgan fingerprint density at radius 2 is 2.00 bits per heavy atom. The molecule has 3 rings (SSSR count). The average molecular weight is 275 g/mol. The second-order valence-electron chi connectivity index (χ2n) is 4.56. The van der Waals surface area contributed by atoms with Gasteiger partial charge in [-0.15, -0.1) is 0 Å². The van der Waals surface area contributed by atoms with Crippen LogP contribution in [0.4, 0.5) is 4.39 Å². The van der Waals surface area contributed by atoms with Crippen LogP contribution in [0.25, 0.3) is 0 Å². The molecule has 0 radical (unpaired) electrons. The molecule has 20 heavy (non-hydrogen) atoms. The summed E-state index contributed by atoms with van der Waals surface area (Å²) in [5, 5.41) is 0.